The van der Waals surface area contributed by atoms with E-state index in [-0.39, 0.29) is 0 Å². The first kappa shape index (κ1) is 11.1. The molecule has 0 aliphatic rings. The molecule has 0 unspecified atom stereocenters. The highest BCUT2D eigenvalue weighted by molar-refractivity contribution is 7.13. The summed E-state index contributed by atoms with van der Waals surface area (Å²) in [6, 6.07) is 9.74. The molecule has 0 spiro atoms. The average Bonchev–Trinajstić information content (AvgIpc) is 2.76. The van der Waals surface area contributed by atoms with Crippen LogP contribution in [0.2, 0.25) is 5.02 Å². The predicted octanol–water partition coefficient (Wildman–Crippen LogP) is 3.92. The van der Waals surface area contributed by atoms with Gasteiger partial charge >= 0.3 is 0 Å². The Kier molecular flexibility index (Phi) is 3.55. The maximum atomic E-state index is 8.49. The molecule has 0 saturated heterocycles. The standard InChI is InChI=1S/C12H9ClN2S/c13-10-5-3-9(4-6-10)12-15-11(8-16-12)2-1-7-14/h3-6,8H,1-2H2. The van der Waals surface area contributed by atoms with Gasteiger partial charge in [-0.1, -0.05) is 23.7 Å². The van der Waals surface area contributed by atoms with E-state index in [4.69, 9.17) is 16.9 Å². The monoisotopic (exact) mass is 248 g/mol. The normalized spacial score (nSPS) is 10.0. The highest BCUT2D eigenvalue weighted by Gasteiger charge is 2.04. The fourth-order valence-electron chi connectivity index (χ4n) is 1.33. The molecule has 4 heteroatoms. The predicted molar refractivity (Wildman–Crippen MR) is 66.5 cm³/mol. The molecule has 0 N–H and O–H groups in total. The lowest BCUT2D eigenvalue weighted by atomic mass is 10.2. The van der Waals surface area contributed by atoms with E-state index in [1.165, 1.54) is 0 Å². The number of benzene rings is 1. The Labute approximate surface area is 103 Å². The van der Waals surface area contributed by atoms with Crippen LogP contribution in [0.5, 0.6) is 0 Å². The van der Waals surface area contributed by atoms with Crippen molar-refractivity contribution in [2.24, 2.45) is 0 Å². The molecule has 0 saturated carbocycles. The maximum absolute atomic E-state index is 8.49. The molecule has 0 radical (unpaired) electrons. The molecule has 80 valence electrons. The Morgan fingerprint density at radius 2 is 2.06 bits per heavy atom. The molecule has 16 heavy (non-hydrogen) atoms. The van der Waals surface area contributed by atoms with Crippen molar-refractivity contribution >= 4 is 22.9 Å². The lowest BCUT2D eigenvalue weighted by molar-refractivity contribution is 0.969. The van der Waals surface area contributed by atoms with Gasteiger partial charge in [-0.2, -0.15) is 5.26 Å². The van der Waals surface area contributed by atoms with Crippen LogP contribution in [-0.2, 0) is 6.42 Å². The summed E-state index contributed by atoms with van der Waals surface area (Å²) in [6.07, 6.45) is 1.24. The molecule has 2 nitrogen and oxygen atoms in total. The van der Waals surface area contributed by atoms with Gasteiger partial charge in [0.1, 0.15) is 5.01 Å². The van der Waals surface area contributed by atoms with Crippen molar-refractivity contribution in [1.82, 2.24) is 4.98 Å². The van der Waals surface area contributed by atoms with Gasteiger partial charge in [-0.05, 0) is 12.1 Å². The minimum absolute atomic E-state index is 0.518. The summed E-state index contributed by atoms with van der Waals surface area (Å²) in [5.74, 6) is 0. The van der Waals surface area contributed by atoms with Crippen LogP contribution in [0.25, 0.3) is 10.6 Å². The van der Waals surface area contributed by atoms with E-state index in [2.05, 4.69) is 11.1 Å². The van der Waals surface area contributed by atoms with Gasteiger partial charge < -0.3 is 0 Å². The van der Waals surface area contributed by atoms with Crippen molar-refractivity contribution in [3.8, 4) is 16.6 Å². The second kappa shape index (κ2) is 5.11. The Hall–Kier alpha value is -1.37. The van der Waals surface area contributed by atoms with Crippen molar-refractivity contribution in [2.75, 3.05) is 0 Å². The van der Waals surface area contributed by atoms with Crippen molar-refractivity contribution in [3.63, 3.8) is 0 Å². The van der Waals surface area contributed by atoms with E-state index in [0.717, 1.165) is 27.7 Å². The molecule has 2 aromatic rings. The van der Waals surface area contributed by atoms with Crippen molar-refractivity contribution < 1.29 is 0 Å². The molecule has 1 heterocycles. The smallest absolute Gasteiger partial charge is 0.123 e. The van der Waals surface area contributed by atoms with Crippen LogP contribution in [0.15, 0.2) is 29.6 Å². The highest BCUT2D eigenvalue weighted by Crippen LogP contribution is 2.25. The van der Waals surface area contributed by atoms with Gasteiger partial charge in [0.05, 0.1) is 11.8 Å². The SMILES string of the molecule is N#CCCc1csc(-c2ccc(Cl)cc2)n1. The first-order valence-corrected chi connectivity index (χ1v) is 6.12. The Morgan fingerprint density at radius 3 is 2.75 bits per heavy atom. The van der Waals surface area contributed by atoms with Crippen molar-refractivity contribution in [2.45, 2.75) is 12.8 Å². The fourth-order valence-corrected chi connectivity index (χ4v) is 2.32. The Balaban J connectivity index is 2.18. The minimum Gasteiger partial charge on any atom is -0.241 e. The topological polar surface area (TPSA) is 36.7 Å². The average molecular weight is 249 g/mol. The summed E-state index contributed by atoms with van der Waals surface area (Å²) < 4.78 is 0. The van der Waals surface area contributed by atoms with Gasteiger partial charge in [-0.3, -0.25) is 0 Å². The second-order valence-corrected chi connectivity index (χ2v) is 4.60. The van der Waals surface area contributed by atoms with Crippen LogP contribution >= 0.6 is 22.9 Å². The zero-order valence-electron chi connectivity index (χ0n) is 8.48. The third-order valence-corrected chi connectivity index (χ3v) is 3.33. The molecule has 2 rings (SSSR count). The largest absolute Gasteiger partial charge is 0.241 e. The van der Waals surface area contributed by atoms with Crippen molar-refractivity contribution in [3.05, 3.63) is 40.4 Å². The van der Waals surface area contributed by atoms with Gasteiger partial charge in [-0.15, -0.1) is 11.3 Å². The Morgan fingerprint density at radius 1 is 1.31 bits per heavy atom. The Bertz CT molecular complexity index is 511. The molecular weight excluding hydrogens is 240 g/mol. The summed E-state index contributed by atoms with van der Waals surface area (Å²) in [6.45, 7) is 0. The number of hydrogen-bond acceptors (Lipinski definition) is 3. The number of rotatable bonds is 3. The number of halogens is 1. The summed E-state index contributed by atoms with van der Waals surface area (Å²) in [5, 5.41) is 12.2. The lowest BCUT2D eigenvalue weighted by Gasteiger charge is -1.95. The van der Waals surface area contributed by atoms with Crippen LogP contribution in [0.4, 0.5) is 0 Å². The lowest BCUT2D eigenvalue weighted by Crippen LogP contribution is -1.83. The van der Waals surface area contributed by atoms with Crippen LogP contribution in [0, 0.1) is 11.3 Å². The van der Waals surface area contributed by atoms with Gasteiger partial charge in [-0.25, -0.2) is 4.98 Å². The van der Waals surface area contributed by atoms with Gasteiger partial charge in [0, 0.05) is 28.8 Å². The number of hydrogen-bond donors (Lipinski definition) is 0. The number of thiazole rings is 1. The number of aromatic nitrogens is 1. The molecule has 0 fully saturated rings. The maximum Gasteiger partial charge on any atom is 0.123 e. The molecule has 0 bridgehead atoms. The fraction of sp³-hybridized carbons (Fsp3) is 0.167. The molecule has 0 aliphatic heterocycles. The minimum atomic E-state index is 0.518. The third kappa shape index (κ3) is 2.60. The van der Waals surface area contributed by atoms with E-state index < -0.39 is 0 Å². The van der Waals surface area contributed by atoms with Crippen LogP contribution in [0.3, 0.4) is 0 Å². The van der Waals surface area contributed by atoms with E-state index in [1.54, 1.807) is 11.3 Å². The molecule has 1 aromatic carbocycles. The summed E-state index contributed by atoms with van der Waals surface area (Å²) in [4.78, 5) is 4.47. The quantitative estimate of drug-likeness (QED) is 0.826. The third-order valence-electron chi connectivity index (χ3n) is 2.14. The van der Waals surface area contributed by atoms with Crippen LogP contribution < -0.4 is 0 Å². The van der Waals surface area contributed by atoms with Gasteiger partial charge in [0.2, 0.25) is 0 Å². The number of nitrogens with zero attached hydrogens (tertiary/aromatic N) is 2. The van der Waals surface area contributed by atoms with Gasteiger partial charge in [0.15, 0.2) is 0 Å². The molecule has 0 atom stereocenters. The first-order valence-electron chi connectivity index (χ1n) is 4.87. The molecular formula is C12H9ClN2S. The van der Waals surface area contributed by atoms with E-state index in [1.807, 2.05) is 29.6 Å². The zero-order valence-corrected chi connectivity index (χ0v) is 10.1. The first-order chi connectivity index (χ1) is 7.79. The second-order valence-electron chi connectivity index (χ2n) is 3.31. The summed E-state index contributed by atoms with van der Waals surface area (Å²) >= 11 is 7.42. The molecule has 1 aromatic heterocycles. The zero-order chi connectivity index (χ0) is 11.4. The van der Waals surface area contributed by atoms with Gasteiger partial charge in [0.25, 0.3) is 0 Å². The number of nitriles is 1. The number of aryl methyl sites for hydroxylation is 1. The highest BCUT2D eigenvalue weighted by atomic mass is 35.5. The summed E-state index contributed by atoms with van der Waals surface area (Å²) in [5.41, 5.74) is 2.05. The van der Waals surface area contributed by atoms with Crippen LogP contribution in [0.1, 0.15) is 12.1 Å². The van der Waals surface area contributed by atoms with E-state index >= 15 is 0 Å². The van der Waals surface area contributed by atoms with Crippen LogP contribution in [-0.4, -0.2) is 4.98 Å². The van der Waals surface area contributed by atoms with E-state index in [9.17, 15) is 0 Å². The van der Waals surface area contributed by atoms with E-state index in [0.29, 0.717) is 6.42 Å². The summed E-state index contributed by atoms with van der Waals surface area (Å²) in [7, 11) is 0. The van der Waals surface area contributed by atoms with Crippen molar-refractivity contribution in [1.29, 1.82) is 5.26 Å². The molecule has 0 aliphatic carbocycles. The molecule has 0 amide bonds.